The molecule has 2 N–H and O–H groups in total. The summed E-state index contributed by atoms with van der Waals surface area (Å²) in [5.41, 5.74) is 0. The van der Waals surface area contributed by atoms with Crippen LogP contribution in [0.1, 0.15) is 19.8 Å². The van der Waals surface area contributed by atoms with Crippen LogP contribution >= 0.6 is 0 Å². The first-order chi connectivity index (χ1) is 8.65. The predicted octanol–water partition coefficient (Wildman–Crippen LogP) is 0.173. The lowest BCUT2D eigenvalue weighted by Crippen LogP contribution is -2.41. The molecule has 0 fully saturated rings. The summed E-state index contributed by atoms with van der Waals surface area (Å²) in [6.07, 6.45) is 1.77. The first-order valence-corrected chi connectivity index (χ1v) is 8.10. The number of rotatable bonds is 8. The van der Waals surface area contributed by atoms with Gasteiger partial charge in [0.25, 0.3) is 0 Å². The summed E-state index contributed by atoms with van der Waals surface area (Å²) in [5.74, 6) is -1.11. The second kappa shape index (κ2) is 7.98. The molecular weight excluding hydrogens is 272 g/mol. The fourth-order valence-corrected chi connectivity index (χ4v) is 1.98. The molecule has 0 aromatic rings. The number of carboxylic acid groups (broad SMARTS) is 1. The van der Waals surface area contributed by atoms with Gasteiger partial charge in [0, 0.05) is 32.8 Å². The van der Waals surface area contributed by atoms with Crippen molar-refractivity contribution in [2.75, 3.05) is 32.1 Å². The van der Waals surface area contributed by atoms with Crippen LogP contribution in [0.15, 0.2) is 0 Å². The number of carbonyl (C=O) groups excluding carboxylic acids is 1. The van der Waals surface area contributed by atoms with E-state index in [9.17, 15) is 18.0 Å². The zero-order valence-corrected chi connectivity index (χ0v) is 12.4. The molecule has 1 unspecified atom stereocenters. The van der Waals surface area contributed by atoms with E-state index in [-0.39, 0.29) is 31.2 Å². The summed E-state index contributed by atoms with van der Waals surface area (Å²) in [6, 6.07) is -0.396. The molecule has 0 spiro atoms. The Bertz CT molecular complexity index is 407. The second-order valence-corrected chi connectivity index (χ2v) is 6.87. The van der Waals surface area contributed by atoms with Gasteiger partial charge in [-0.15, -0.1) is 0 Å². The number of amides is 2. The average molecular weight is 294 g/mol. The van der Waals surface area contributed by atoms with Crippen molar-refractivity contribution in [3.63, 3.8) is 0 Å². The van der Waals surface area contributed by atoms with Gasteiger partial charge in [0.1, 0.15) is 9.84 Å². The number of carbonyl (C=O) groups is 2. The van der Waals surface area contributed by atoms with Crippen molar-refractivity contribution < 1.29 is 23.1 Å². The van der Waals surface area contributed by atoms with Gasteiger partial charge in [0.15, 0.2) is 0 Å². The van der Waals surface area contributed by atoms with E-state index < -0.39 is 21.8 Å². The maximum Gasteiger partial charge on any atom is 0.317 e. The molecule has 0 heterocycles. The van der Waals surface area contributed by atoms with Gasteiger partial charge in [-0.3, -0.25) is 4.79 Å². The molecule has 0 saturated heterocycles. The van der Waals surface area contributed by atoms with Crippen molar-refractivity contribution in [3.8, 4) is 0 Å². The van der Waals surface area contributed by atoms with Crippen LogP contribution in [0.25, 0.3) is 0 Å². The van der Waals surface area contributed by atoms with E-state index in [1.165, 1.54) is 11.9 Å². The molecule has 7 nitrogen and oxygen atoms in total. The highest BCUT2D eigenvalue weighted by molar-refractivity contribution is 7.90. The fraction of sp³-hybridized carbons (Fsp3) is 0.818. The Hall–Kier alpha value is -1.31. The van der Waals surface area contributed by atoms with Crippen LogP contribution < -0.4 is 5.32 Å². The molecule has 0 radical (unpaired) electrons. The summed E-state index contributed by atoms with van der Waals surface area (Å²) in [4.78, 5) is 23.5. The van der Waals surface area contributed by atoms with E-state index in [1.54, 1.807) is 0 Å². The van der Waals surface area contributed by atoms with Crippen LogP contribution in [-0.2, 0) is 14.6 Å². The van der Waals surface area contributed by atoms with E-state index in [0.717, 1.165) is 6.26 Å². The monoisotopic (exact) mass is 294 g/mol. The van der Waals surface area contributed by atoms with Crippen LogP contribution in [0, 0.1) is 5.92 Å². The SMILES string of the molecule is CCC(CNC(=O)N(C)CCS(C)(=O)=O)CC(=O)O. The summed E-state index contributed by atoms with van der Waals surface area (Å²) in [7, 11) is -1.61. The molecule has 0 aromatic heterocycles. The van der Waals surface area contributed by atoms with E-state index >= 15 is 0 Å². The van der Waals surface area contributed by atoms with Crippen molar-refractivity contribution in [1.29, 1.82) is 0 Å². The molecule has 0 bridgehead atoms. The number of nitrogens with one attached hydrogen (secondary N) is 1. The van der Waals surface area contributed by atoms with E-state index in [2.05, 4.69) is 5.32 Å². The van der Waals surface area contributed by atoms with Gasteiger partial charge in [-0.05, 0) is 5.92 Å². The van der Waals surface area contributed by atoms with E-state index in [4.69, 9.17) is 5.11 Å². The normalized spacial score (nSPS) is 12.8. The predicted molar refractivity (Wildman–Crippen MR) is 71.8 cm³/mol. The zero-order valence-electron chi connectivity index (χ0n) is 11.5. The third-order valence-corrected chi connectivity index (χ3v) is 3.65. The maximum atomic E-state index is 11.6. The third-order valence-electron chi connectivity index (χ3n) is 2.73. The van der Waals surface area contributed by atoms with Crippen molar-refractivity contribution in [2.45, 2.75) is 19.8 Å². The molecule has 1 atom stereocenters. The van der Waals surface area contributed by atoms with Gasteiger partial charge in [0.05, 0.1) is 5.75 Å². The topological polar surface area (TPSA) is 104 Å². The average Bonchev–Trinajstić information content (AvgIpc) is 2.29. The van der Waals surface area contributed by atoms with E-state index in [1.807, 2.05) is 6.92 Å². The number of nitrogens with zero attached hydrogens (tertiary/aromatic N) is 1. The Morgan fingerprint density at radius 1 is 1.37 bits per heavy atom. The summed E-state index contributed by atoms with van der Waals surface area (Å²) in [5, 5.41) is 11.3. The minimum atomic E-state index is -3.10. The van der Waals surface area contributed by atoms with Gasteiger partial charge in [-0.25, -0.2) is 13.2 Å². The van der Waals surface area contributed by atoms with Crippen molar-refractivity contribution in [2.24, 2.45) is 5.92 Å². The number of urea groups is 1. The first kappa shape index (κ1) is 17.7. The molecule has 2 amide bonds. The van der Waals surface area contributed by atoms with Crippen molar-refractivity contribution >= 4 is 21.8 Å². The summed E-state index contributed by atoms with van der Waals surface area (Å²) < 4.78 is 21.9. The van der Waals surface area contributed by atoms with Gasteiger partial charge >= 0.3 is 12.0 Å². The standard InChI is InChI=1S/C11H22N2O5S/c1-4-9(7-10(14)15)8-12-11(16)13(2)5-6-19(3,17)18/h9H,4-8H2,1-3H3,(H,12,16)(H,14,15). The molecule has 19 heavy (non-hydrogen) atoms. The Morgan fingerprint density at radius 2 is 1.95 bits per heavy atom. The highest BCUT2D eigenvalue weighted by Gasteiger charge is 2.15. The Labute approximate surface area is 113 Å². The number of hydrogen-bond acceptors (Lipinski definition) is 4. The Morgan fingerprint density at radius 3 is 2.37 bits per heavy atom. The van der Waals surface area contributed by atoms with Gasteiger partial charge in [-0.2, -0.15) is 0 Å². The number of sulfone groups is 1. The lowest BCUT2D eigenvalue weighted by molar-refractivity contribution is -0.138. The molecule has 0 aliphatic carbocycles. The van der Waals surface area contributed by atoms with Crippen molar-refractivity contribution in [3.05, 3.63) is 0 Å². The van der Waals surface area contributed by atoms with E-state index in [0.29, 0.717) is 6.42 Å². The smallest absolute Gasteiger partial charge is 0.317 e. The number of aliphatic carboxylic acids is 1. The lowest BCUT2D eigenvalue weighted by atomic mass is 10.0. The zero-order chi connectivity index (χ0) is 15.1. The van der Waals surface area contributed by atoms with Crippen molar-refractivity contribution in [1.82, 2.24) is 10.2 Å². The Kier molecular flexibility index (Phi) is 7.43. The fourth-order valence-electron chi connectivity index (χ4n) is 1.38. The quantitative estimate of drug-likeness (QED) is 0.664. The second-order valence-electron chi connectivity index (χ2n) is 4.61. The molecule has 0 rings (SSSR count). The molecule has 112 valence electrons. The Balaban J connectivity index is 4.11. The van der Waals surface area contributed by atoms with Crippen LogP contribution in [0.2, 0.25) is 0 Å². The number of carboxylic acids is 1. The highest BCUT2D eigenvalue weighted by Crippen LogP contribution is 2.06. The lowest BCUT2D eigenvalue weighted by Gasteiger charge is -2.19. The van der Waals surface area contributed by atoms with Crippen LogP contribution in [-0.4, -0.2) is 62.6 Å². The van der Waals surface area contributed by atoms with Crippen LogP contribution in [0.5, 0.6) is 0 Å². The van der Waals surface area contributed by atoms with Gasteiger partial charge in [-0.1, -0.05) is 13.3 Å². The summed E-state index contributed by atoms with van der Waals surface area (Å²) in [6.45, 7) is 2.23. The minimum absolute atomic E-state index is 0.00380. The molecular formula is C11H22N2O5S. The van der Waals surface area contributed by atoms with Gasteiger partial charge in [0.2, 0.25) is 0 Å². The van der Waals surface area contributed by atoms with Gasteiger partial charge < -0.3 is 15.3 Å². The maximum absolute atomic E-state index is 11.6. The molecule has 0 saturated carbocycles. The largest absolute Gasteiger partial charge is 0.481 e. The van der Waals surface area contributed by atoms with Crippen LogP contribution in [0.3, 0.4) is 0 Å². The molecule has 8 heteroatoms. The highest BCUT2D eigenvalue weighted by atomic mass is 32.2. The van der Waals surface area contributed by atoms with Crippen LogP contribution in [0.4, 0.5) is 4.79 Å². The molecule has 0 aromatic carbocycles. The minimum Gasteiger partial charge on any atom is -0.481 e. The molecule has 0 aliphatic rings. The number of hydrogen-bond donors (Lipinski definition) is 2. The third kappa shape index (κ3) is 9.29. The first-order valence-electron chi connectivity index (χ1n) is 6.04. The molecule has 0 aliphatic heterocycles. The summed E-state index contributed by atoms with van der Waals surface area (Å²) >= 11 is 0.